The molecule has 0 saturated carbocycles. The molecule has 23 heavy (non-hydrogen) atoms. The summed E-state index contributed by atoms with van der Waals surface area (Å²) in [7, 11) is 0. The lowest BCUT2D eigenvalue weighted by atomic mass is 10.2. The third-order valence-corrected chi connectivity index (χ3v) is 3.52. The van der Waals surface area contributed by atoms with Gasteiger partial charge in [-0.25, -0.2) is 0 Å². The van der Waals surface area contributed by atoms with Crippen LogP contribution in [-0.2, 0) is 19.1 Å². The van der Waals surface area contributed by atoms with Crippen molar-refractivity contribution in [1.29, 1.82) is 0 Å². The average Bonchev–Trinajstić information content (AvgIpc) is 2.55. The first-order valence-corrected chi connectivity index (χ1v) is 8.61. The van der Waals surface area contributed by atoms with Crippen molar-refractivity contribution in [3.63, 3.8) is 0 Å². The Balaban J connectivity index is 2.59. The van der Waals surface area contributed by atoms with Crippen molar-refractivity contribution >= 4 is 11.9 Å². The predicted molar refractivity (Wildman–Crippen MR) is 89.7 cm³/mol. The molecule has 0 amide bonds. The van der Waals surface area contributed by atoms with Gasteiger partial charge < -0.3 is 9.47 Å². The van der Waals surface area contributed by atoms with E-state index in [1.54, 1.807) is 12.1 Å². The molecule has 1 aromatic rings. The summed E-state index contributed by atoms with van der Waals surface area (Å²) < 4.78 is 10.8. The number of carbonyl (C=O) groups is 2. The number of esters is 2. The van der Waals surface area contributed by atoms with E-state index >= 15 is 0 Å². The first-order valence-electron chi connectivity index (χ1n) is 8.61. The van der Waals surface area contributed by atoms with Gasteiger partial charge in [0, 0.05) is 18.4 Å². The summed E-state index contributed by atoms with van der Waals surface area (Å²) in [6.45, 7) is 4.16. The number of unbranched alkanes of at least 4 members (excludes halogenated alkanes) is 4. The van der Waals surface area contributed by atoms with Gasteiger partial charge in [-0.1, -0.05) is 69.9 Å². The molecule has 0 N–H and O–H groups in total. The van der Waals surface area contributed by atoms with Gasteiger partial charge >= 0.3 is 11.9 Å². The van der Waals surface area contributed by atoms with Crippen LogP contribution in [0.2, 0.25) is 0 Å². The fourth-order valence-electron chi connectivity index (χ4n) is 2.17. The standard InChI is InChI=1S/C19H28O4/c1-3-5-8-14-17(20)22-19(16-12-10-7-11-13-16)23-18(21)15-9-6-4-2/h7,10-13,19H,3-6,8-9,14-15H2,1-2H3. The Hall–Kier alpha value is -1.84. The number of rotatable bonds is 11. The minimum absolute atomic E-state index is 0.325. The Labute approximate surface area is 139 Å². The maximum absolute atomic E-state index is 11.9. The van der Waals surface area contributed by atoms with E-state index in [9.17, 15) is 9.59 Å². The molecule has 0 radical (unpaired) electrons. The highest BCUT2D eigenvalue weighted by molar-refractivity contribution is 5.71. The Morgan fingerprint density at radius 1 is 0.826 bits per heavy atom. The molecule has 1 aromatic carbocycles. The maximum Gasteiger partial charge on any atom is 0.309 e. The van der Waals surface area contributed by atoms with Crippen LogP contribution in [0.4, 0.5) is 0 Å². The molecule has 0 aromatic heterocycles. The van der Waals surface area contributed by atoms with Crippen molar-refractivity contribution in [2.75, 3.05) is 0 Å². The third kappa shape index (κ3) is 8.38. The summed E-state index contributed by atoms with van der Waals surface area (Å²) in [6.07, 6.45) is 5.41. The fraction of sp³-hybridized carbons (Fsp3) is 0.579. The Morgan fingerprint density at radius 2 is 1.30 bits per heavy atom. The van der Waals surface area contributed by atoms with Crippen molar-refractivity contribution in [3.8, 4) is 0 Å². The number of ether oxygens (including phenoxy) is 2. The number of hydrogen-bond acceptors (Lipinski definition) is 4. The van der Waals surface area contributed by atoms with Crippen LogP contribution >= 0.6 is 0 Å². The van der Waals surface area contributed by atoms with Crippen molar-refractivity contribution < 1.29 is 19.1 Å². The number of benzene rings is 1. The molecular weight excluding hydrogens is 292 g/mol. The van der Waals surface area contributed by atoms with Gasteiger partial charge in [0.15, 0.2) is 0 Å². The Bertz CT molecular complexity index is 432. The quantitative estimate of drug-likeness (QED) is 0.329. The molecule has 0 spiro atoms. The van der Waals surface area contributed by atoms with E-state index < -0.39 is 6.29 Å². The highest BCUT2D eigenvalue weighted by Gasteiger charge is 2.20. The van der Waals surface area contributed by atoms with Gasteiger partial charge in [0.25, 0.3) is 6.29 Å². The summed E-state index contributed by atoms with van der Waals surface area (Å²) in [6, 6.07) is 9.12. The molecule has 4 nitrogen and oxygen atoms in total. The van der Waals surface area contributed by atoms with E-state index in [1.807, 2.05) is 18.2 Å². The van der Waals surface area contributed by atoms with Crippen molar-refractivity contribution in [1.82, 2.24) is 0 Å². The van der Waals surface area contributed by atoms with Crippen molar-refractivity contribution in [3.05, 3.63) is 35.9 Å². The molecule has 0 aliphatic heterocycles. The van der Waals surface area contributed by atoms with Crippen LogP contribution in [0.1, 0.15) is 77.1 Å². The Morgan fingerprint density at radius 3 is 1.74 bits per heavy atom. The molecule has 0 fully saturated rings. The van der Waals surface area contributed by atoms with Crippen LogP contribution in [0.3, 0.4) is 0 Å². The van der Waals surface area contributed by atoms with E-state index in [2.05, 4.69) is 13.8 Å². The lowest BCUT2D eigenvalue weighted by Crippen LogP contribution is -2.18. The lowest BCUT2D eigenvalue weighted by molar-refractivity contribution is -0.190. The molecule has 1 rings (SSSR count). The molecule has 4 heteroatoms. The second-order valence-electron chi connectivity index (χ2n) is 5.64. The summed E-state index contributed by atoms with van der Waals surface area (Å²) in [4.78, 5) is 23.9. The van der Waals surface area contributed by atoms with Gasteiger partial charge in [-0.15, -0.1) is 0 Å². The second-order valence-corrected chi connectivity index (χ2v) is 5.64. The molecule has 0 saturated heterocycles. The monoisotopic (exact) mass is 320 g/mol. The molecular formula is C19H28O4. The van der Waals surface area contributed by atoms with E-state index in [-0.39, 0.29) is 11.9 Å². The summed E-state index contributed by atoms with van der Waals surface area (Å²) >= 11 is 0. The summed E-state index contributed by atoms with van der Waals surface area (Å²) in [5, 5.41) is 0. The first-order chi connectivity index (χ1) is 11.2. The van der Waals surface area contributed by atoms with Crippen LogP contribution in [0, 0.1) is 0 Å². The van der Waals surface area contributed by atoms with Gasteiger partial charge in [-0.2, -0.15) is 0 Å². The zero-order valence-corrected chi connectivity index (χ0v) is 14.3. The third-order valence-electron chi connectivity index (χ3n) is 3.52. The smallest absolute Gasteiger partial charge is 0.309 e. The molecule has 0 atom stereocenters. The molecule has 0 unspecified atom stereocenters. The lowest BCUT2D eigenvalue weighted by Gasteiger charge is -2.18. The molecule has 0 aliphatic carbocycles. The predicted octanol–water partition coefficient (Wildman–Crippen LogP) is 4.93. The zero-order valence-electron chi connectivity index (χ0n) is 14.3. The van der Waals surface area contributed by atoms with E-state index in [0.717, 1.165) is 38.5 Å². The maximum atomic E-state index is 11.9. The Kier molecular flexibility index (Phi) is 9.76. The number of carbonyl (C=O) groups excluding carboxylic acids is 2. The average molecular weight is 320 g/mol. The molecule has 128 valence electrons. The van der Waals surface area contributed by atoms with Gasteiger partial charge in [-0.3, -0.25) is 9.59 Å². The second kappa shape index (κ2) is 11.7. The van der Waals surface area contributed by atoms with Crippen LogP contribution in [0.25, 0.3) is 0 Å². The van der Waals surface area contributed by atoms with E-state index in [1.165, 1.54) is 0 Å². The zero-order chi connectivity index (χ0) is 16.9. The first kappa shape index (κ1) is 19.2. The van der Waals surface area contributed by atoms with E-state index in [0.29, 0.717) is 18.4 Å². The van der Waals surface area contributed by atoms with Gasteiger partial charge in [0.2, 0.25) is 0 Å². The SMILES string of the molecule is CCCCCC(=O)OC(OC(=O)CCCCC)c1ccccc1. The molecule has 0 bridgehead atoms. The van der Waals surface area contributed by atoms with Crippen LogP contribution < -0.4 is 0 Å². The van der Waals surface area contributed by atoms with E-state index in [4.69, 9.17) is 9.47 Å². The highest BCUT2D eigenvalue weighted by Crippen LogP contribution is 2.21. The fourth-order valence-corrected chi connectivity index (χ4v) is 2.17. The summed E-state index contributed by atoms with van der Waals surface area (Å²) in [5.74, 6) is -0.651. The normalized spacial score (nSPS) is 10.6. The van der Waals surface area contributed by atoms with Crippen molar-refractivity contribution in [2.45, 2.75) is 71.5 Å². The minimum Gasteiger partial charge on any atom is -0.421 e. The highest BCUT2D eigenvalue weighted by atomic mass is 16.7. The number of hydrogen-bond donors (Lipinski definition) is 0. The largest absolute Gasteiger partial charge is 0.421 e. The minimum atomic E-state index is -0.945. The van der Waals surface area contributed by atoms with Crippen LogP contribution in [0.5, 0.6) is 0 Å². The molecule has 0 aliphatic rings. The summed E-state index contributed by atoms with van der Waals surface area (Å²) in [5.41, 5.74) is 0.681. The molecule has 0 heterocycles. The van der Waals surface area contributed by atoms with Crippen molar-refractivity contribution in [2.24, 2.45) is 0 Å². The van der Waals surface area contributed by atoms with Gasteiger partial charge in [0.05, 0.1) is 0 Å². The topological polar surface area (TPSA) is 52.6 Å². The van der Waals surface area contributed by atoms with Gasteiger partial charge in [-0.05, 0) is 12.8 Å². The van der Waals surface area contributed by atoms with Crippen LogP contribution in [0.15, 0.2) is 30.3 Å². The van der Waals surface area contributed by atoms with Gasteiger partial charge in [0.1, 0.15) is 0 Å². The van der Waals surface area contributed by atoms with Crippen LogP contribution in [-0.4, -0.2) is 11.9 Å².